The van der Waals surface area contributed by atoms with E-state index in [4.69, 9.17) is 34.5 Å². The predicted octanol–water partition coefficient (Wildman–Crippen LogP) is 1.55. The molecule has 23 heavy (non-hydrogen) atoms. The summed E-state index contributed by atoms with van der Waals surface area (Å²) < 4.78 is 32.2. The van der Waals surface area contributed by atoms with Crippen molar-refractivity contribution in [2.75, 3.05) is 72.7 Å². The van der Waals surface area contributed by atoms with Crippen LogP contribution in [0.3, 0.4) is 0 Å². The molecule has 0 heterocycles. The average Bonchev–Trinajstić information content (AvgIpc) is 2.49. The molecule has 0 aromatic heterocycles. The van der Waals surface area contributed by atoms with Crippen molar-refractivity contribution in [1.29, 1.82) is 0 Å². The van der Waals surface area contributed by atoms with Crippen LogP contribution in [0.15, 0.2) is 0 Å². The highest BCUT2D eigenvalue weighted by Gasteiger charge is 2.12. The van der Waals surface area contributed by atoms with Gasteiger partial charge in [0.05, 0.1) is 66.1 Å². The summed E-state index contributed by atoms with van der Waals surface area (Å²) in [5, 5.41) is 0. The number of terminal acetylenes is 1. The van der Waals surface area contributed by atoms with Crippen LogP contribution in [-0.4, -0.2) is 81.0 Å². The minimum absolute atomic E-state index is 0.326. The molecular weight excluding hydrogens is 316 g/mol. The summed E-state index contributed by atoms with van der Waals surface area (Å²) in [6.07, 6.45) is 5.05. The maximum atomic E-state index is 5.67. The molecule has 0 bridgehead atoms. The molecule has 0 unspecified atom stereocenters. The maximum Gasteiger partial charge on any atom is 0.183 e. The Morgan fingerprint density at radius 1 is 0.609 bits per heavy atom. The van der Waals surface area contributed by atoms with Crippen molar-refractivity contribution < 1.29 is 28.1 Å². The summed E-state index contributed by atoms with van der Waals surface area (Å²) in [5.74, 6) is 2.39. The third-order valence-corrected chi connectivity index (χ3v) is 3.51. The quantitative estimate of drug-likeness (QED) is 0.226. The second-order valence-corrected chi connectivity index (χ2v) is 10.2. The lowest BCUT2D eigenvalue weighted by atomic mass is 10.7. The second kappa shape index (κ2) is 16.4. The summed E-state index contributed by atoms with van der Waals surface area (Å²) in [6, 6.07) is 0. The topological polar surface area (TPSA) is 55.4 Å². The summed E-state index contributed by atoms with van der Waals surface area (Å²) in [7, 11) is -1.42. The van der Waals surface area contributed by atoms with Gasteiger partial charge in [0.1, 0.15) is 6.61 Å². The smallest absolute Gasteiger partial charge is 0.183 e. The molecule has 0 atom stereocenters. The van der Waals surface area contributed by atoms with Gasteiger partial charge in [0.25, 0.3) is 0 Å². The maximum absolute atomic E-state index is 5.67. The third-order valence-electron chi connectivity index (χ3n) is 2.44. The van der Waals surface area contributed by atoms with Crippen molar-refractivity contribution in [3.05, 3.63) is 0 Å². The van der Waals surface area contributed by atoms with Gasteiger partial charge in [0.15, 0.2) is 8.32 Å². The van der Waals surface area contributed by atoms with Crippen molar-refractivity contribution in [2.24, 2.45) is 0 Å². The molecule has 0 saturated carbocycles. The molecule has 0 saturated heterocycles. The van der Waals surface area contributed by atoms with Gasteiger partial charge in [-0.25, -0.2) is 0 Å². The molecule has 0 rings (SSSR count). The van der Waals surface area contributed by atoms with Crippen LogP contribution in [0.5, 0.6) is 0 Å². The Morgan fingerprint density at radius 2 is 0.957 bits per heavy atom. The summed E-state index contributed by atoms with van der Waals surface area (Å²) >= 11 is 0. The number of hydrogen-bond donors (Lipinski definition) is 0. The second-order valence-electron chi connectivity index (χ2n) is 5.67. The molecule has 0 aliphatic rings. The first-order chi connectivity index (χ1) is 11.1. The summed E-state index contributed by atoms with van der Waals surface area (Å²) in [6.45, 7) is 12.5. The SMILES string of the molecule is C#CCOCCOCCOCCOCCOCCO[Si](C)(C)C. The molecule has 0 fully saturated rings. The molecule has 0 N–H and O–H groups in total. The van der Waals surface area contributed by atoms with E-state index in [2.05, 4.69) is 25.6 Å². The molecule has 136 valence electrons. The summed E-state index contributed by atoms with van der Waals surface area (Å²) in [4.78, 5) is 0. The Bertz CT molecular complexity index is 287. The molecule has 0 aromatic carbocycles. The lowest BCUT2D eigenvalue weighted by Crippen LogP contribution is -2.27. The average molecular weight is 349 g/mol. The fraction of sp³-hybridized carbons (Fsp3) is 0.875. The van der Waals surface area contributed by atoms with E-state index in [9.17, 15) is 0 Å². The van der Waals surface area contributed by atoms with Gasteiger partial charge in [0, 0.05) is 0 Å². The Morgan fingerprint density at radius 3 is 1.30 bits per heavy atom. The normalized spacial score (nSPS) is 11.6. The molecule has 0 aliphatic heterocycles. The van der Waals surface area contributed by atoms with E-state index in [1.54, 1.807) is 0 Å². The van der Waals surface area contributed by atoms with Crippen LogP contribution in [-0.2, 0) is 28.1 Å². The van der Waals surface area contributed by atoms with E-state index >= 15 is 0 Å². The Hall–Kier alpha value is -0.463. The van der Waals surface area contributed by atoms with E-state index in [0.717, 1.165) is 0 Å². The van der Waals surface area contributed by atoms with E-state index in [1.807, 2.05) is 0 Å². The van der Waals surface area contributed by atoms with Crippen LogP contribution in [0.4, 0.5) is 0 Å². The van der Waals surface area contributed by atoms with Crippen LogP contribution in [0.25, 0.3) is 0 Å². The van der Waals surface area contributed by atoms with Gasteiger partial charge < -0.3 is 28.1 Å². The zero-order valence-corrected chi connectivity index (χ0v) is 15.8. The van der Waals surface area contributed by atoms with Crippen molar-refractivity contribution in [1.82, 2.24) is 0 Å². The van der Waals surface area contributed by atoms with Gasteiger partial charge in [-0.1, -0.05) is 5.92 Å². The molecule has 0 spiro atoms. The van der Waals surface area contributed by atoms with Crippen LogP contribution in [0.2, 0.25) is 19.6 Å². The predicted molar refractivity (Wildman–Crippen MR) is 92.2 cm³/mol. The van der Waals surface area contributed by atoms with Gasteiger partial charge in [-0.3, -0.25) is 0 Å². The van der Waals surface area contributed by atoms with Crippen molar-refractivity contribution in [3.8, 4) is 12.3 Å². The molecular formula is C16H32O6Si. The zero-order valence-electron chi connectivity index (χ0n) is 14.8. The van der Waals surface area contributed by atoms with Gasteiger partial charge >= 0.3 is 0 Å². The minimum Gasteiger partial charge on any atom is -0.415 e. The largest absolute Gasteiger partial charge is 0.415 e. The third kappa shape index (κ3) is 21.5. The molecule has 0 aliphatic carbocycles. The molecule has 0 aromatic rings. The van der Waals surface area contributed by atoms with Crippen molar-refractivity contribution >= 4 is 8.32 Å². The monoisotopic (exact) mass is 348 g/mol. The summed E-state index contributed by atoms with van der Waals surface area (Å²) in [5.41, 5.74) is 0. The van der Waals surface area contributed by atoms with Crippen LogP contribution in [0.1, 0.15) is 0 Å². The standard InChI is InChI=1S/C16H32O6Si/c1-5-6-17-7-8-18-9-10-19-11-12-20-13-14-21-15-16-22-23(2,3)4/h1H,6-16H2,2-4H3. The van der Waals surface area contributed by atoms with Crippen LogP contribution in [0, 0.1) is 12.3 Å². The number of ether oxygens (including phenoxy) is 5. The highest BCUT2D eigenvalue weighted by Crippen LogP contribution is 2.01. The van der Waals surface area contributed by atoms with E-state index in [0.29, 0.717) is 72.7 Å². The van der Waals surface area contributed by atoms with E-state index in [-0.39, 0.29) is 0 Å². The minimum atomic E-state index is -1.42. The molecule has 0 amide bonds. The Labute approximate surface area is 141 Å². The van der Waals surface area contributed by atoms with Gasteiger partial charge in [-0.15, -0.1) is 6.42 Å². The number of hydrogen-bond acceptors (Lipinski definition) is 6. The fourth-order valence-electron chi connectivity index (χ4n) is 1.42. The van der Waals surface area contributed by atoms with Crippen LogP contribution >= 0.6 is 0 Å². The Kier molecular flexibility index (Phi) is 16.1. The first-order valence-electron chi connectivity index (χ1n) is 8.02. The lowest BCUT2D eigenvalue weighted by Gasteiger charge is -2.16. The van der Waals surface area contributed by atoms with Crippen molar-refractivity contribution in [3.63, 3.8) is 0 Å². The van der Waals surface area contributed by atoms with Crippen LogP contribution < -0.4 is 0 Å². The molecule has 0 radical (unpaired) electrons. The van der Waals surface area contributed by atoms with Crippen molar-refractivity contribution in [2.45, 2.75) is 19.6 Å². The Balaban J connectivity index is 3.02. The first kappa shape index (κ1) is 22.5. The fourth-order valence-corrected chi connectivity index (χ4v) is 2.11. The molecule has 6 nitrogen and oxygen atoms in total. The van der Waals surface area contributed by atoms with Gasteiger partial charge in [0.2, 0.25) is 0 Å². The van der Waals surface area contributed by atoms with Gasteiger partial charge in [-0.2, -0.15) is 0 Å². The van der Waals surface area contributed by atoms with E-state index < -0.39 is 8.32 Å². The highest BCUT2D eigenvalue weighted by molar-refractivity contribution is 6.69. The van der Waals surface area contributed by atoms with Gasteiger partial charge in [-0.05, 0) is 19.6 Å². The highest BCUT2D eigenvalue weighted by atomic mass is 28.4. The first-order valence-corrected chi connectivity index (χ1v) is 11.4. The lowest BCUT2D eigenvalue weighted by molar-refractivity contribution is -0.0112. The zero-order chi connectivity index (χ0) is 17.2. The molecule has 7 heteroatoms. The van der Waals surface area contributed by atoms with E-state index in [1.165, 1.54) is 0 Å². The number of rotatable bonds is 17.